The van der Waals surface area contributed by atoms with Crippen LogP contribution in [-0.2, 0) is 30.0 Å². The lowest BCUT2D eigenvalue weighted by atomic mass is 10.1. The molecule has 0 aliphatic heterocycles. The Kier molecular flexibility index (Phi) is 14.5. The van der Waals surface area contributed by atoms with Crippen molar-refractivity contribution in [2.24, 2.45) is 0 Å². The Balaban J connectivity index is 1.65. The Labute approximate surface area is 253 Å². The van der Waals surface area contributed by atoms with Crippen molar-refractivity contribution in [3.63, 3.8) is 0 Å². The average molecular weight is 593 g/mol. The third-order valence-electron chi connectivity index (χ3n) is 7.21. The molecule has 7 heteroatoms. The van der Waals surface area contributed by atoms with E-state index in [1.54, 1.807) is 14.2 Å². The summed E-state index contributed by atoms with van der Waals surface area (Å²) in [6.07, 6.45) is 5.82. The highest BCUT2D eigenvalue weighted by atomic mass is 28.4. The Morgan fingerprint density at radius 2 is 1.36 bits per heavy atom. The van der Waals surface area contributed by atoms with Gasteiger partial charge in [0.1, 0.15) is 12.5 Å². The molecule has 0 aliphatic rings. The number of hydrogen-bond donors (Lipinski definition) is 0. The van der Waals surface area contributed by atoms with Crippen molar-refractivity contribution in [3.05, 3.63) is 103 Å². The Morgan fingerprint density at radius 3 is 1.93 bits per heavy atom. The van der Waals surface area contributed by atoms with E-state index in [9.17, 15) is 0 Å². The molecule has 0 fully saturated rings. The van der Waals surface area contributed by atoms with Crippen LogP contribution < -0.4 is 15.1 Å². The van der Waals surface area contributed by atoms with Crippen molar-refractivity contribution >= 4 is 18.7 Å². The fraction of sp³-hybridized carbons (Fsp3) is 0.429. The zero-order chi connectivity index (χ0) is 30.1. The molecule has 0 radical (unpaired) electrons. The van der Waals surface area contributed by atoms with Gasteiger partial charge in [-0.05, 0) is 45.9 Å². The minimum atomic E-state index is -2.57. The molecule has 0 spiro atoms. The molecule has 0 amide bonds. The maximum atomic E-state index is 6.99. The van der Waals surface area contributed by atoms with Gasteiger partial charge in [-0.2, -0.15) is 0 Å². The number of rotatable bonds is 19. The summed E-state index contributed by atoms with van der Waals surface area (Å²) in [5, 5.41) is 2.50. The topological polar surface area (TPSA) is 55.4 Å². The largest absolute Gasteiger partial charge is 0.497 e. The third kappa shape index (κ3) is 10.2. The first-order chi connectivity index (χ1) is 20.4. The van der Waals surface area contributed by atoms with Crippen LogP contribution in [0.4, 0.5) is 0 Å². The van der Waals surface area contributed by atoms with Gasteiger partial charge in [0.25, 0.3) is 8.32 Å². The van der Waals surface area contributed by atoms with E-state index in [0.29, 0.717) is 33.0 Å². The lowest BCUT2D eigenvalue weighted by molar-refractivity contribution is -0.0763. The molecular weight excluding hydrogens is 544 g/mol. The third-order valence-corrected chi connectivity index (χ3v) is 12.2. The molecule has 0 aliphatic carbocycles. The summed E-state index contributed by atoms with van der Waals surface area (Å²) in [6, 6.07) is 29.4. The molecule has 0 heterocycles. The summed E-state index contributed by atoms with van der Waals surface area (Å²) in [5.41, 5.74) is 1.10. The van der Waals surface area contributed by atoms with E-state index in [-0.39, 0.29) is 17.9 Å². The summed E-state index contributed by atoms with van der Waals surface area (Å²) in [4.78, 5) is 0. The predicted octanol–water partition coefficient (Wildman–Crippen LogP) is 6.13. The highest BCUT2D eigenvalue weighted by Crippen LogP contribution is 2.36. The van der Waals surface area contributed by atoms with Crippen molar-refractivity contribution in [1.82, 2.24) is 0 Å². The van der Waals surface area contributed by atoms with Crippen LogP contribution in [0.3, 0.4) is 0 Å². The van der Waals surface area contributed by atoms with Crippen molar-refractivity contribution in [1.29, 1.82) is 0 Å². The second-order valence-corrected chi connectivity index (χ2v) is 15.5. The minimum Gasteiger partial charge on any atom is -0.497 e. The molecule has 42 heavy (non-hydrogen) atoms. The average Bonchev–Trinajstić information content (AvgIpc) is 3.01. The highest BCUT2D eigenvalue weighted by Gasteiger charge is 2.49. The molecule has 0 saturated heterocycles. The Hall–Kier alpha value is -2.78. The first kappa shape index (κ1) is 33.7. The summed E-state index contributed by atoms with van der Waals surface area (Å²) < 4.78 is 34.7. The number of methoxy groups -OCH3 is 2. The van der Waals surface area contributed by atoms with Crippen molar-refractivity contribution < 1.29 is 28.1 Å². The maximum absolute atomic E-state index is 6.99. The van der Waals surface area contributed by atoms with Crippen molar-refractivity contribution in [3.8, 4) is 5.75 Å². The molecule has 0 N–H and O–H groups in total. The van der Waals surface area contributed by atoms with Crippen LogP contribution in [0.25, 0.3) is 0 Å². The summed E-state index contributed by atoms with van der Waals surface area (Å²) in [7, 11) is 0.757. The molecular formula is C35H48O6Si. The van der Waals surface area contributed by atoms with Crippen LogP contribution in [0.5, 0.6) is 5.75 Å². The summed E-state index contributed by atoms with van der Waals surface area (Å²) in [5.74, 6) is 0.834. The van der Waals surface area contributed by atoms with Crippen LogP contribution in [0.2, 0.25) is 5.04 Å². The lowest BCUT2D eigenvalue weighted by Gasteiger charge is -2.42. The van der Waals surface area contributed by atoms with Gasteiger partial charge < -0.3 is 28.1 Å². The molecule has 1 atom stereocenters. The highest BCUT2D eigenvalue weighted by molar-refractivity contribution is 6.99. The molecule has 0 aromatic heterocycles. The minimum absolute atomic E-state index is 0.00445. The van der Waals surface area contributed by atoms with E-state index in [0.717, 1.165) is 24.2 Å². The van der Waals surface area contributed by atoms with Gasteiger partial charge in [-0.25, -0.2) is 0 Å². The molecule has 228 valence electrons. The van der Waals surface area contributed by atoms with Gasteiger partial charge in [0, 0.05) is 7.11 Å². The monoisotopic (exact) mass is 592 g/mol. The molecule has 3 aromatic rings. The van der Waals surface area contributed by atoms with Crippen LogP contribution >= 0.6 is 0 Å². The summed E-state index contributed by atoms with van der Waals surface area (Å²) >= 11 is 0. The first-order valence-corrected chi connectivity index (χ1v) is 16.6. The van der Waals surface area contributed by atoms with E-state index in [1.807, 2.05) is 24.3 Å². The zero-order valence-corrected chi connectivity index (χ0v) is 26.9. The van der Waals surface area contributed by atoms with Gasteiger partial charge >= 0.3 is 0 Å². The van der Waals surface area contributed by atoms with Gasteiger partial charge in [0.15, 0.2) is 0 Å². The van der Waals surface area contributed by atoms with Crippen LogP contribution in [-0.4, -0.2) is 61.9 Å². The van der Waals surface area contributed by atoms with E-state index in [1.165, 1.54) is 10.4 Å². The smallest absolute Gasteiger partial charge is 0.261 e. The van der Waals surface area contributed by atoms with Crippen LogP contribution in [0.1, 0.15) is 39.2 Å². The van der Waals surface area contributed by atoms with E-state index in [4.69, 9.17) is 28.1 Å². The Morgan fingerprint density at radius 1 is 0.738 bits per heavy atom. The number of hydrogen-bond acceptors (Lipinski definition) is 6. The van der Waals surface area contributed by atoms with Gasteiger partial charge in [0.2, 0.25) is 0 Å². The van der Waals surface area contributed by atoms with E-state index >= 15 is 0 Å². The predicted molar refractivity (Wildman–Crippen MR) is 172 cm³/mol. The van der Waals surface area contributed by atoms with Crippen LogP contribution in [0.15, 0.2) is 97.1 Å². The van der Waals surface area contributed by atoms with Gasteiger partial charge in [-0.3, -0.25) is 0 Å². The normalized spacial score (nSPS) is 13.0. The standard InChI is InChI=1S/C35H48O6Si/c1-35(2,3)42(33-15-8-6-9-16-33,34-17-10-7-11-18-34)41-24-13-12-14-32(23-25-38-29-39-27-26-36-4)40-28-30-19-21-31(37-5)22-20-30/h6-13,15-22,32H,14,23-29H2,1-5H3/b13-12+/t32-/m1/s1. The second kappa shape index (κ2) is 18.0. The Bertz CT molecular complexity index is 1110. The SMILES string of the molecule is COCCOCOCC[C@@H](C/C=C/CO[Si](c1ccccc1)(c1ccccc1)C(C)(C)C)OCc1ccc(OC)cc1. The zero-order valence-electron chi connectivity index (χ0n) is 25.9. The fourth-order valence-corrected chi connectivity index (χ4v) is 9.49. The van der Waals surface area contributed by atoms with E-state index < -0.39 is 8.32 Å². The molecule has 3 rings (SSSR count). The van der Waals surface area contributed by atoms with E-state index in [2.05, 4.69) is 93.6 Å². The molecule has 6 nitrogen and oxygen atoms in total. The van der Waals surface area contributed by atoms with Gasteiger partial charge in [-0.1, -0.05) is 106 Å². The fourth-order valence-electron chi connectivity index (χ4n) is 4.99. The van der Waals surface area contributed by atoms with Crippen LogP contribution in [0, 0.1) is 0 Å². The quantitative estimate of drug-likeness (QED) is 0.0723. The molecule has 3 aromatic carbocycles. The van der Waals surface area contributed by atoms with Crippen molar-refractivity contribution in [2.75, 3.05) is 47.4 Å². The maximum Gasteiger partial charge on any atom is 0.261 e. The van der Waals surface area contributed by atoms with Gasteiger partial charge in [0.05, 0.1) is 46.2 Å². The lowest BCUT2D eigenvalue weighted by Crippen LogP contribution is -2.66. The molecule has 0 bridgehead atoms. The number of benzene rings is 3. The molecule has 0 saturated carbocycles. The van der Waals surface area contributed by atoms with Gasteiger partial charge in [-0.15, -0.1) is 0 Å². The molecule has 0 unspecified atom stereocenters. The van der Waals surface area contributed by atoms with Crippen molar-refractivity contribution in [2.45, 2.75) is 51.4 Å². The number of ether oxygens (including phenoxy) is 5. The second-order valence-electron chi connectivity index (χ2n) is 11.2. The first-order valence-electron chi connectivity index (χ1n) is 14.7. The summed E-state index contributed by atoms with van der Waals surface area (Å²) in [6.45, 7) is 9.80.